The first-order chi connectivity index (χ1) is 8.73. The molecule has 1 rings (SSSR count). The van der Waals surface area contributed by atoms with Crippen molar-refractivity contribution < 1.29 is 23.5 Å². The summed E-state index contributed by atoms with van der Waals surface area (Å²) in [5, 5.41) is 8.52. The third-order valence-electron chi connectivity index (χ3n) is 2.56. The Kier molecular flexibility index (Phi) is 4.83. The van der Waals surface area contributed by atoms with Crippen LogP contribution in [0.1, 0.15) is 17.3 Å². The van der Waals surface area contributed by atoms with Crippen LogP contribution < -0.4 is 0 Å². The molecule has 0 saturated carbocycles. The highest BCUT2D eigenvalue weighted by atomic mass is 35.5. The molecule has 1 unspecified atom stereocenters. The Bertz CT molecular complexity index is 522. The zero-order chi connectivity index (χ0) is 14.7. The highest BCUT2D eigenvalue weighted by molar-refractivity contribution is 6.33. The van der Waals surface area contributed by atoms with Crippen LogP contribution in [0.2, 0.25) is 5.02 Å². The highest BCUT2D eigenvalue weighted by Gasteiger charge is 2.21. The fourth-order valence-electron chi connectivity index (χ4n) is 1.46. The number of aliphatic carboxylic acids is 1. The largest absolute Gasteiger partial charge is 0.481 e. The summed E-state index contributed by atoms with van der Waals surface area (Å²) >= 11 is 5.67. The Labute approximate surface area is 113 Å². The number of carboxylic acids is 1. The molecule has 4 nitrogen and oxygen atoms in total. The molecule has 0 aliphatic heterocycles. The summed E-state index contributed by atoms with van der Waals surface area (Å²) < 4.78 is 26.0. The molecule has 1 amide bonds. The first-order valence-corrected chi connectivity index (χ1v) is 5.74. The Hall–Kier alpha value is -1.69. The summed E-state index contributed by atoms with van der Waals surface area (Å²) in [6.45, 7) is 1.36. The first-order valence-electron chi connectivity index (χ1n) is 5.36. The highest BCUT2D eigenvalue weighted by Crippen LogP contribution is 2.21. The number of hydrogen-bond acceptors (Lipinski definition) is 2. The number of rotatable bonds is 4. The van der Waals surface area contributed by atoms with Crippen LogP contribution in [0.15, 0.2) is 12.1 Å². The number of amides is 1. The average molecular weight is 292 g/mol. The van der Waals surface area contributed by atoms with Gasteiger partial charge in [0, 0.05) is 13.6 Å². The third-order valence-corrected chi connectivity index (χ3v) is 2.87. The lowest BCUT2D eigenvalue weighted by Gasteiger charge is -2.20. The number of hydrogen-bond donors (Lipinski definition) is 1. The van der Waals surface area contributed by atoms with E-state index in [-0.39, 0.29) is 17.1 Å². The zero-order valence-electron chi connectivity index (χ0n) is 10.3. The van der Waals surface area contributed by atoms with Gasteiger partial charge in [0.1, 0.15) is 0 Å². The number of halogens is 3. The second-order valence-corrected chi connectivity index (χ2v) is 4.58. The van der Waals surface area contributed by atoms with Gasteiger partial charge in [0.05, 0.1) is 16.5 Å². The van der Waals surface area contributed by atoms with Crippen LogP contribution >= 0.6 is 11.6 Å². The lowest BCUT2D eigenvalue weighted by Crippen LogP contribution is -2.33. The standard InChI is InChI=1S/C12H12ClF2NO3/c1-6(12(18)19)5-16(2)11(17)7-3-9(14)10(15)4-8(7)13/h3-4,6H,5H2,1-2H3,(H,18,19). The van der Waals surface area contributed by atoms with E-state index in [0.29, 0.717) is 12.1 Å². The Morgan fingerprint density at radius 2 is 1.89 bits per heavy atom. The quantitative estimate of drug-likeness (QED) is 0.867. The van der Waals surface area contributed by atoms with Gasteiger partial charge >= 0.3 is 5.97 Å². The van der Waals surface area contributed by atoms with Gasteiger partial charge in [-0.25, -0.2) is 8.78 Å². The van der Waals surface area contributed by atoms with Gasteiger partial charge in [-0.2, -0.15) is 0 Å². The van der Waals surface area contributed by atoms with E-state index in [0.717, 1.165) is 4.90 Å². The van der Waals surface area contributed by atoms with E-state index in [4.69, 9.17) is 16.7 Å². The summed E-state index contributed by atoms with van der Waals surface area (Å²) in [6, 6.07) is 1.40. The van der Waals surface area contributed by atoms with Crippen molar-refractivity contribution in [3.8, 4) is 0 Å². The van der Waals surface area contributed by atoms with Crippen molar-refractivity contribution in [3.05, 3.63) is 34.4 Å². The molecule has 0 aliphatic carbocycles. The van der Waals surface area contributed by atoms with E-state index < -0.39 is 29.4 Å². The minimum atomic E-state index is -1.19. The van der Waals surface area contributed by atoms with Crippen LogP contribution in [0, 0.1) is 17.6 Å². The Morgan fingerprint density at radius 3 is 2.42 bits per heavy atom. The number of carbonyl (C=O) groups is 2. The van der Waals surface area contributed by atoms with Gasteiger partial charge in [-0.1, -0.05) is 18.5 Å². The van der Waals surface area contributed by atoms with E-state index in [2.05, 4.69) is 0 Å². The third kappa shape index (κ3) is 3.64. The SMILES string of the molecule is CC(CN(C)C(=O)c1cc(F)c(F)cc1Cl)C(=O)O. The van der Waals surface area contributed by atoms with Crippen LogP contribution in [0.4, 0.5) is 8.78 Å². The molecule has 0 aromatic heterocycles. The van der Waals surface area contributed by atoms with E-state index in [9.17, 15) is 18.4 Å². The Morgan fingerprint density at radius 1 is 1.37 bits per heavy atom. The van der Waals surface area contributed by atoms with Gasteiger partial charge in [0.2, 0.25) is 0 Å². The van der Waals surface area contributed by atoms with Gasteiger partial charge in [0.25, 0.3) is 5.91 Å². The van der Waals surface area contributed by atoms with Crippen molar-refractivity contribution >= 4 is 23.5 Å². The topological polar surface area (TPSA) is 57.6 Å². The normalized spacial score (nSPS) is 12.1. The van der Waals surface area contributed by atoms with Crippen molar-refractivity contribution in [3.63, 3.8) is 0 Å². The maximum Gasteiger partial charge on any atom is 0.308 e. The first kappa shape index (κ1) is 15.4. The van der Waals surface area contributed by atoms with Crippen molar-refractivity contribution in [2.75, 3.05) is 13.6 Å². The molecule has 0 saturated heterocycles. The average Bonchev–Trinajstić information content (AvgIpc) is 2.32. The van der Waals surface area contributed by atoms with Crippen molar-refractivity contribution in [1.82, 2.24) is 4.90 Å². The molecule has 0 heterocycles. The molecule has 0 aliphatic rings. The molecular formula is C12H12ClF2NO3. The van der Waals surface area contributed by atoms with Crippen molar-refractivity contribution in [2.45, 2.75) is 6.92 Å². The molecule has 0 radical (unpaired) electrons. The fraction of sp³-hybridized carbons (Fsp3) is 0.333. The summed E-state index contributed by atoms with van der Waals surface area (Å²) in [4.78, 5) is 23.7. The summed E-state index contributed by atoms with van der Waals surface area (Å²) in [6.07, 6.45) is 0. The lowest BCUT2D eigenvalue weighted by molar-refractivity contribution is -0.141. The number of nitrogens with zero attached hydrogens (tertiary/aromatic N) is 1. The van der Waals surface area contributed by atoms with E-state index in [1.54, 1.807) is 0 Å². The predicted molar refractivity (Wildman–Crippen MR) is 65.1 cm³/mol. The van der Waals surface area contributed by atoms with Crippen LogP contribution in [0.3, 0.4) is 0 Å². The molecule has 1 aromatic rings. The number of benzene rings is 1. The van der Waals surface area contributed by atoms with Gasteiger partial charge in [-0.15, -0.1) is 0 Å². The minimum absolute atomic E-state index is 0.0660. The second kappa shape index (κ2) is 5.97. The van der Waals surface area contributed by atoms with E-state index in [1.807, 2.05) is 0 Å². The number of carboxylic acid groups (broad SMARTS) is 1. The van der Waals surface area contributed by atoms with Crippen LogP contribution in [-0.2, 0) is 4.79 Å². The smallest absolute Gasteiger partial charge is 0.308 e. The molecular weight excluding hydrogens is 280 g/mol. The van der Waals surface area contributed by atoms with Crippen molar-refractivity contribution in [2.24, 2.45) is 5.92 Å². The summed E-state index contributed by atoms with van der Waals surface area (Å²) in [5.41, 5.74) is -0.208. The number of carbonyl (C=O) groups excluding carboxylic acids is 1. The molecule has 0 bridgehead atoms. The molecule has 0 spiro atoms. The molecule has 7 heteroatoms. The molecule has 19 heavy (non-hydrogen) atoms. The molecule has 0 fully saturated rings. The van der Waals surface area contributed by atoms with Gasteiger partial charge in [-0.3, -0.25) is 9.59 Å². The zero-order valence-corrected chi connectivity index (χ0v) is 11.0. The van der Waals surface area contributed by atoms with Gasteiger partial charge in [0.15, 0.2) is 11.6 Å². The summed E-state index contributed by atoms with van der Waals surface area (Å²) in [7, 11) is 1.36. The maximum atomic E-state index is 13.1. The second-order valence-electron chi connectivity index (χ2n) is 4.17. The molecule has 1 atom stereocenters. The van der Waals surface area contributed by atoms with E-state index >= 15 is 0 Å². The van der Waals surface area contributed by atoms with E-state index in [1.165, 1.54) is 14.0 Å². The molecule has 1 aromatic carbocycles. The van der Waals surface area contributed by atoms with Gasteiger partial charge < -0.3 is 10.0 Å². The minimum Gasteiger partial charge on any atom is -0.481 e. The van der Waals surface area contributed by atoms with Gasteiger partial charge in [-0.05, 0) is 12.1 Å². The Balaban J connectivity index is 2.94. The monoisotopic (exact) mass is 291 g/mol. The van der Waals surface area contributed by atoms with Crippen molar-refractivity contribution in [1.29, 1.82) is 0 Å². The maximum absolute atomic E-state index is 13.1. The van der Waals surface area contributed by atoms with Crippen LogP contribution in [0.25, 0.3) is 0 Å². The molecule has 1 N–H and O–H groups in total. The van der Waals surface area contributed by atoms with Crippen LogP contribution in [0.5, 0.6) is 0 Å². The summed E-state index contributed by atoms with van der Waals surface area (Å²) in [5.74, 6) is -4.85. The molecule has 104 valence electrons. The fourth-order valence-corrected chi connectivity index (χ4v) is 1.70. The van der Waals surface area contributed by atoms with Crippen LogP contribution in [-0.4, -0.2) is 35.5 Å². The predicted octanol–water partition coefficient (Wildman–Crippen LogP) is 2.41. The lowest BCUT2D eigenvalue weighted by atomic mass is 10.1.